The van der Waals surface area contributed by atoms with Gasteiger partial charge in [0.15, 0.2) is 0 Å². The zero-order valence-corrected chi connectivity index (χ0v) is 15.5. The van der Waals surface area contributed by atoms with E-state index >= 15 is 0 Å². The zero-order chi connectivity index (χ0) is 16.5. The first-order valence-corrected chi connectivity index (χ1v) is 8.66. The Hall–Kier alpha value is -1.15. The smallest absolute Gasteiger partial charge is 0.242 e. The van der Waals surface area contributed by atoms with Crippen molar-refractivity contribution in [2.75, 3.05) is 32.5 Å². The second-order valence-electron chi connectivity index (χ2n) is 6.21. The van der Waals surface area contributed by atoms with Gasteiger partial charge in [-0.1, -0.05) is 6.07 Å². The molecule has 6 nitrogen and oxygen atoms in total. The summed E-state index contributed by atoms with van der Waals surface area (Å²) in [6, 6.07) is 4.96. The number of benzene rings is 1. The van der Waals surface area contributed by atoms with E-state index in [9.17, 15) is 13.2 Å². The second-order valence-corrected chi connectivity index (χ2v) is 8.33. The fourth-order valence-electron chi connectivity index (χ4n) is 2.45. The van der Waals surface area contributed by atoms with Crippen molar-refractivity contribution in [3.8, 4) is 0 Å². The molecular weight excluding hydrogens is 338 g/mol. The second kappa shape index (κ2) is 7.17. The Morgan fingerprint density at radius 2 is 2.00 bits per heavy atom. The molecule has 1 aliphatic rings. The maximum absolute atomic E-state index is 12.4. The van der Waals surface area contributed by atoms with Crippen LogP contribution in [0.1, 0.15) is 18.9 Å². The molecule has 1 amide bonds. The normalized spacial score (nSPS) is 21.1. The Morgan fingerprint density at radius 1 is 1.35 bits per heavy atom. The van der Waals surface area contributed by atoms with Gasteiger partial charge in [0, 0.05) is 26.3 Å². The SMILES string of the molecule is Cc1ccc(NC(=O)C2(C)CCNC2)cc1S(=O)(=O)N(C)C.Cl. The van der Waals surface area contributed by atoms with Crippen LogP contribution in [0.2, 0.25) is 0 Å². The summed E-state index contributed by atoms with van der Waals surface area (Å²) in [5, 5.41) is 6.02. The maximum atomic E-state index is 12.4. The summed E-state index contributed by atoms with van der Waals surface area (Å²) in [5.41, 5.74) is 0.704. The molecule has 0 aromatic heterocycles. The molecule has 1 heterocycles. The van der Waals surface area contributed by atoms with E-state index in [-0.39, 0.29) is 23.2 Å². The number of aryl methyl sites for hydroxylation is 1. The number of nitrogens with one attached hydrogen (secondary N) is 2. The summed E-state index contributed by atoms with van der Waals surface area (Å²) >= 11 is 0. The lowest BCUT2D eigenvalue weighted by Crippen LogP contribution is -2.35. The largest absolute Gasteiger partial charge is 0.326 e. The molecule has 0 bridgehead atoms. The Balaban J connectivity index is 0.00000264. The van der Waals surface area contributed by atoms with Gasteiger partial charge in [0.1, 0.15) is 0 Å². The van der Waals surface area contributed by atoms with E-state index in [4.69, 9.17) is 0 Å². The van der Waals surface area contributed by atoms with E-state index in [0.717, 1.165) is 13.0 Å². The molecule has 1 atom stereocenters. The Morgan fingerprint density at radius 3 is 2.52 bits per heavy atom. The number of sulfonamides is 1. The minimum atomic E-state index is -3.53. The van der Waals surface area contributed by atoms with Crippen LogP contribution in [0.25, 0.3) is 0 Å². The van der Waals surface area contributed by atoms with Gasteiger partial charge in [0.05, 0.1) is 10.3 Å². The lowest BCUT2D eigenvalue weighted by atomic mass is 9.89. The Bertz CT molecular complexity index is 683. The van der Waals surface area contributed by atoms with E-state index in [0.29, 0.717) is 17.8 Å². The molecule has 23 heavy (non-hydrogen) atoms. The Labute approximate surface area is 144 Å². The van der Waals surface area contributed by atoms with E-state index in [1.54, 1.807) is 19.1 Å². The number of nitrogens with zero attached hydrogens (tertiary/aromatic N) is 1. The molecule has 1 aromatic carbocycles. The maximum Gasteiger partial charge on any atom is 0.242 e. The van der Waals surface area contributed by atoms with Crippen molar-refractivity contribution in [2.45, 2.75) is 25.2 Å². The zero-order valence-electron chi connectivity index (χ0n) is 13.8. The van der Waals surface area contributed by atoms with E-state index in [1.807, 2.05) is 6.92 Å². The van der Waals surface area contributed by atoms with E-state index < -0.39 is 15.4 Å². The van der Waals surface area contributed by atoms with Crippen LogP contribution in [-0.4, -0.2) is 45.8 Å². The van der Waals surface area contributed by atoms with Gasteiger partial charge in [0.25, 0.3) is 0 Å². The summed E-state index contributed by atoms with van der Waals surface area (Å²) in [6.45, 7) is 5.10. The molecule has 0 radical (unpaired) electrons. The summed E-state index contributed by atoms with van der Waals surface area (Å²) in [5.74, 6) is -0.0884. The predicted molar refractivity (Wildman–Crippen MR) is 93.5 cm³/mol. The number of hydrogen-bond acceptors (Lipinski definition) is 4. The van der Waals surface area contributed by atoms with Gasteiger partial charge in [-0.05, 0) is 44.5 Å². The molecule has 2 N–H and O–H groups in total. The van der Waals surface area contributed by atoms with Gasteiger partial charge in [-0.3, -0.25) is 4.79 Å². The van der Waals surface area contributed by atoms with Gasteiger partial charge < -0.3 is 10.6 Å². The highest BCUT2D eigenvalue weighted by Gasteiger charge is 2.36. The van der Waals surface area contributed by atoms with Crippen molar-refractivity contribution in [1.82, 2.24) is 9.62 Å². The van der Waals surface area contributed by atoms with Crippen LogP contribution in [0.3, 0.4) is 0 Å². The lowest BCUT2D eigenvalue weighted by Gasteiger charge is -2.22. The average Bonchev–Trinajstić information content (AvgIpc) is 2.89. The van der Waals surface area contributed by atoms with Crippen molar-refractivity contribution in [1.29, 1.82) is 0 Å². The van der Waals surface area contributed by atoms with Crippen molar-refractivity contribution < 1.29 is 13.2 Å². The third-order valence-corrected chi connectivity index (χ3v) is 6.08. The van der Waals surface area contributed by atoms with Crippen molar-refractivity contribution >= 4 is 34.0 Å². The van der Waals surface area contributed by atoms with Crippen LogP contribution < -0.4 is 10.6 Å². The number of anilines is 1. The molecular formula is C15H24ClN3O3S. The first kappa shape index (κ1) is 19.9. The van der Waals surface area contributed by atoms with Gasteiger partial charge in [-0.15, -0.1) is 12.4 Å². The molecule has 0 spiro atoms. The first-order chi connectivity index (χ1) is 10.2. The van der Waals surface area contributed by atoms with Crippen LogP contribution in [0, 0.1) is 12.3 Å². The molecule has 2 rings (SSSR count). The lowest BCUT2D eigenvalue weighted by molar-refractivity contribution is -0.123. The van der Waals surface area contributed by atoms with Crippen LogP contribution in [0.5, 0.6) is 0 Å². The molecule has 0 aliphatic carbocycles. The van der Waals surface area contributed by atoms with Crippen molar-refractivity contribution in [2.24, 2.45) is 5.41 Å². The number of hydrogen-bond donors (Lipinski definition) is 2. The topological polar surface area (TPSA) is 78.5 Å². The van der Waals surface area contributed by atoms with Crippen LogP contribution in [0.15, 0.2) is 23.1 Å². The molecule has 1 aliphatic heterocycles. The molecule has 8 heteroatoms. The highest BCUT2D eigenvalue weighted by atomic mass is 35.5. The van der Waals surface area contributed by atoms with Crippen LogP contribution in [0.4, 0.5) is 5.69 Å². The molecule has 130 valence electrons. The third-order valence-electron chi connectivity index (χ3n) is 4.12. The van der Waals surface area contributed by atoms with E-state index in [1.165, 1.54) is 24.5 Å². The number of carbonyl (C=O) groups is 1. The predicted octanol–water partition coefficient (Wildman–Crippen LogP) is 1.61. The molecule has 1 saturated heterocycles. The highest BCUT2D eigenvalue weighted by Crippen LogP contribution is 2.28. The van der Waals surface area contributed by atoms with Gasteiger partial charge in [-0.25, -0.2) is 12.7 Å². The fourth-order valence-corrected chi connectivity index (χ4v) is 3.59. The molecule has 1 unspecified atom stereocenters. The number of rotatable bonds is 4. The highest BCUT2D eigenvalue weighted by molar-refractivity contribution is 7.89. The molecule has 1 fully saturated rings. The van der Waals surface area contributed by atoms with E-state index in [2.05, 4.69) is 10.6 Å². The minimum Gasteiger partial charge on any atom is -0.326 e. The van der Waals surface area contributed by atoms with Gasteiger partial charge in [0.2, 0.25) is 15.9 Å². The number of halogens is 1. The van der Waals surface area contributed by atoms with Crippen LogP contribution in [-0.2, 0) is 14.8 Å². The fraction of sp³-hybridized carbons (Fsp3) is 0.533. The summed E-state index contributed by atoms with van der Waals surface area (Å²) in [4.78, 5) is 12.6. The van der Waals surface area contributed by atoms with Gasteiger partial charge in [-0.2, -0.15) is 0 Å². The van der Waals surface area contributed by atoms with Gasteiger partial charge >= 0.3 is 0 Å². The quantitative estimate of drug-likeness (QED) is 0.853. The molecule has 1 aromatic rings. The Kier molecular flexibility index (Phi) is 6.20. The first-order valence-electron chi connectivity index (χ1n) is 7.22. The monoisotopic (exact) mass is 361 g/mol. The third kappa shape index (κ3) is 4.03. The standard InChI is InChI=1S/C15H23N3O3S.ClH/c1-11-5-6-12(9-13(11)22(20,21)18(3)4)17-14(19)15(2)7-8-16-10-15;/h5-6,9,16H,7-8,10H2,1-4H3,(H,17,19);1H. The van der Waals surface area contributed by atoms with Crippen molar-refractivity contribution in [3.63, 3.8) is 0 Å². The summed E-state index contributed by atoms with van der Waals surface area (Å²) in [7, 11) is -0.548. The van der Waals surface area contributed by atoms with Crippen molar-refractivity contribution in [3.05, 3.63) is 23.8 Å². The number of carbonyl (C=O) groups excluding carboxylic acids is 1. The summed E-state index contributed by atoms with van der Waals surface area (Å²) < 4.78 is 25.8. The number of amides is 1. The van der Waals surface area contributed by atoms with Crippen LogP contribution >= 0.6 is 12.4 Å². The summed E-state index contributed by atoms with van der Waals surface area (Å²) in [6.07, 6.45) is 0.771. The minimum absolute atomic E-state index is 0. The molecule has 0 saturated carbocycles. The average molecular weight is 362 g/mol.